The molecule has 0 spiro atoms. The molecule has 40 heavy (non-hydrogen) atoms. The summed E-state index contributed by atoms with van der Waals surface area (Å²) >= 11 is 9.05. The predicted octanol–water partition coefficient (Wildman–Crippen LogP) is 5.29. The topological polar surface area (TPSA) is 122 Å². The second-order valence-corrected chi connectivity index (χ2v) is 15.7. The van der Waals surface area contributed by atoms with Gasteiger partial charge in [-0.05, 0) is 49.2 Å². The summed E-state index contributed by atoms with van der Waals surface area (Å²) in [5.74, 6) is 0. The molecule has 5 rings (SSSR count). The van der Waals surface area contributed by atoms with Crippen molar-refractivity contribution in [2.24, 2.45) is 0 Å². The van der Waals surface area contributed by atoms with Crippen molar-refractivity contribution in [3.63, 3.8) is 0 Å². The number of anilines is 1. The summed E-state index contributed by atoms with van der Waals surface area (Å²) in [5.41, 5.74) is 3.36. The Hall–Kier alpha value is -2.45. The maximum atomic E-state index is 11.9. The normalized spacial score (nSPS) is 16.4. The molecular weight excluding hydrogens is 612 g/mol. The van der Waals surface area contributed by atoms with Gasteiger partial charge in [0.25, 0.3) is 5.01 Å². The van der Waals surface area contributed by atoms with E-state index in [1.54, 1.807) is 17.0 Å². The highest BCUT2D eigenvalue weighted by Crippen LogP contribution is 2.48. The van der Waals surface area contributed by atoms with Crippen molar-refractivity contribution in [2.75, 3.05) is 11.4 Å². The highest BCUT2D eigenvalue weighted by Gasteiger charge is 2.31. The van der Waals surface area contributed by atoms with Crippen LogP contribution >= 0.6 is 34.7 Å². The number of fused-ring (bicyclic) bond motifs is 2. The van der Waals surface area contributed by atoms with Gasteiger partial charge in [0.2, 0.25) is 5.52 Å². The molecule has 0 amide bonds. The van der Waals surface area contributed by atoms with Crippen LogP contribution in [0.2, 0.25) is 5.02 Å². The van der Waals surface area contributed by atoms with Crippen LogP contribution in [0.3, 0.4) is 0 Å². The van der Waals surface area contributed by atoms with Crippen LogP contribution in [0.4, 0.5) is 5.69 Å². The van der Waals surface area contributed by atoms with Gasteiger partial charge in [0, 0.05) is 22.5 Å². The van der Waals surface area contributed by atoms with Crippen LogP contribution in [-0.4, -0.2) is 43.0 Å². The largest absolute Gasteiger partial charge is 0.748 e. The van der Waals surface area contributed by atoms with E-state index in [2.05, 4.69) is 0 Å². The summed E-state index contributed by atoms with van der Waals surface area (Å²) in [6.07, 6.45) is 1.83. The van der Waals surface area contributed by atoms with Gasteiger partial charge in [-0.25, -0.2) is 16.8 Å². The van der Waals surface area contributed by atoms with E-state index in [9.17, 15) is 25.9 Å². The van der Waals surface area contributed by atoms with Crippen LogP contribution in [0.1, 0.15) is 18.9 Å². The lowest BCUT2D eigenvalue weighted by Crippen LogP contribution is -2.43. The summed E-state index contributed by atoms with van der Waals surface area (Å²) in [7, 11) is -9.12. The van der Waals surface area contributed by atoms with Gasteiger partial charge in [0.1, 0.15) is 20.1 Å². The lowest BCUT2D eigenvalue weighted by atomic mass is 10.1. The summed E-state index contributed by atoms with van der Waals surface area (Å²) in [5, 5.41) is -0.617. The first kappa shape index (κ1) is 29.1. The number of nitrogens with zero attached hydrogens (tertiary/aromatic N) is 2. The maximum Gasteiger partial charge on any atom is 0.265 e. The molecule has 3 aromatic carbocycles. The molecule has 13 heteroatoms. The lowest BCUT2D eigenvalue weighted by Gasteiger charge is -2.25. The van der Waals surface area contributed by atoms with Crippen molar-refractivity contribution in [2.45, 2.75) is 35.8 Å². The minimum Gasteiger partial charge on any atom is -0.748 e. The van der Waals surface area contributed by atoms with Crippen LogP contribution in [0.25, 0.3) is 27.4 Å². The van der Waals surface area contributed by atoms with E-state index in [-0.39, 0.29) is 13.1 Å². The molecule has 0 N–H and O–H groups in total. The maximum absolute atomic E-state index is 11.9. The Morgan fingerprint density at radius 3 is 2.30 bits per heavy atom. The van der Waals surface area contributed by atoms with Crippen molar-refractivity contribution < 1.29 is 30.5 Å². The van der Waals surface area contributed by atoms with Gasteiger partial charge in [0.05, 0.1) is 32.2 Å². The fourth-order valence-electron chi connectivity index (χ4n) is 4.38. The standard InChI is InChI=1S/C27H25ClN2O6S4/c1-17(39(31,32)33)15-29-22-12-20(19-6-4-3-5-7-19)8-10-24(22)37-26(29)14-27-30(16-18(2)40(34,35)36)23-13-21(28)9-11-25(23)38-27/h3-14,17-18H,15-16H2,1-2H3,(H-,31,32,33,34,35,36)/p-1. The number of aromatic nitrogens is 1. The minimum atomic E-state index is -4.56. The Kier molecular flexibility index (Phi) is 8.05. The number of thiazole rings is 1. The van der Waals surface area contributed by atoms with E-state index < -0.39 is 30.7 Å². The van der Waals surface area contributed by atoms with E-state index in [1.807, 2.05) is 65.2 Å². The van der Waals surface area contributed by atoms with E-state index in [0.29, 0.717) is 20.7 Å². The molecule has 0 saturated carbocycles. The molecule has 1 aliphatic heterocycles. The number of benzene rings is 3. The molecule has 0 saturated heterocycles. The van der Waals surface area contributed by atoms with Gasteiger partial charge < -0.3 is 14.0 Å². The van der Waals surface area contributed by atoms with Crippen LogP contribution in [0.15, 0.2) is 76.7 Å². The molecule has 1 aliphatic rings. The lowest BCUT2D eigenvalue weighted by molar-refractivity contribution is -0.667. The minimum absolute atomic E-state index is 0.0715. The van der Waals surface area contributed by atoms with E-state index in [4.69, 9.17) is 11.6 Å². The second kappa shape index (κ2) is 11.1. The zero-order valence-corrected chi connectivity index (χ0v) is 25.4. The third kappa shape index (κ3) is 6.08. The SMILES string of the molecule is CC(CN1C(=Cc2sc3ccc(-c4ccccc4)cc3[n+]2CC(C)S(=O)(=O)[O-])Sc2ccc(Cl)cc21)S(=O)(=O)[O-]. The van der Waals surface area contributed by atoms with Crippen LogP contribution in [0.5, 0.6) is 0 Å². The number of hydrogen-bond donors (Lipinski definition) is 0. The smallest absolute Gasteiger partial charge is 0.265 e. The van der Waals surface area contributed by atoms with Crippen molar-refractivity contribution in [3.8, 4) is 11.1 Å². The quantitative estimate of drug-likeness (QED) is 0.189. The van der Waals surface area contributed by atoms with Gasteiger partial charge in [0.15, 0.2) is 6.54 Å². The van der Waals surface area contributed by atoms with E-state index in [0.717, 1.165) is 26.2 Å². The molecule has 2 heterocycles. The fraction of sp³-hybridized carbons (Fsp3) is 0.222. The zero-order valence-electron chi connectivity index (χ0n) is 21.4. The van der Waals surface area contributed by atoms with Crippen molar-refractivity contribution in [1.29, 1.82) is 0 Å². The first-order valence-electron chi connectivity index (χ1n) is 12.2. The predicted molar refractivity (Wildman–Crippen MR) is 158 cm³/mol. The fourth-order valence-corrected chi connectivity index (χ4v) is 7.46. The Labute approximate surface area is 246 Å². The molecule has 0 bridgehead atoms. The summed E-state index contributed by atoms with van der Waals surface area (Å²) < 4.78 is 73.7. The molecular formula is C27H24ClN2O6S4-. The highest BCUT2D eigenvalue weighted by molar-refractivity contribution is 8.04. The molecule has 0 aliphatic carbocycles. The molecule has 210 valence electrons. The van der Waals surface area contributed by atoms with Gasteiger partial charge >= 0.3 is 0 Å². The number of halogens is 1. The molecule has 0 radical (unpaired) electrons. The van der Waals surface area contributed by atoms with Crippen LogP contribution < -0.4 is 9.47 Å². The van der Waals surface area contributed by atoms with Crippen LogP contribution in [0, 0.1) is 0 Å². The average molecular weight is 636 g/mol. The summed E-state index contributed by atoms with van der Waals surface area (Å²) in [6, 6.07) is 20.9. The summed E-state index contributed by atoms with van der Waals surface area (Å²) in [6.45, 7) is 2.58. The molecule has 4 aromatic rings. The van der Waals surface area contributed by atoms with E-state index >= 15 is 0 Å². The molecule has 2 unspecified atom stereocenters. The second-order valence-electron chi connectivity index (χ2n) is 9.51. The van der Waals surface area contributed by atoms with Gasteiger partial charge in [-0.2, -0.15) is 4.57 Å². The third-order valence-corrected chi connectivity index (χ3v) is 11.4. The number of hydrogen-bond acceptors (Lipinski definition) is 9. The monoisotopic (exact) mass is 635 g/mol. The first-order chi connectivity index (χ1) is 18.8. The van der Waals surface area contributed by atoms with Crippen molar-refractivity contribution in [3.05, 3.63) is 81.8 Å². The zero-order chi connectivity index (χ0) is 28.8. The summed E-state index contributed by atoms with van der Waals surface area (Å²) in [4.78, 5) is 2.57. The van der Waals surface area contributed by atoms with E-state index in [1.165, 1.54) is 36.9 Å². The Morgan fingerprint density at radius 2 is 1.62 bits per heavy atom. The van der Waals surface area contributed by atoms with Gasteiger partial charge in [-0.3, -0.25) is 0 Å². The first-order valence-corrected chi connectivity index (χ1v) is 17.1. The Bertz CT molecular complexity index is 1840. The molecule has 8 nitrogen and oxygen atoms in total. The third-order valence-electron chi connectivity index (χ3n) is 6.64. The van der Waals surface area contributed by atoms with Gasteiger partial charge in [-0.15, -0.1) is 0 Å². The highest BCUT2D eigenvalue weighted by atomic mass is 35.5. The Balaban J connectivity index is 1.66. The van der Waals surface area contributed by atoms with Crippen molar-refractivity contribution >= 4 is 76.9 Å². The molecule has 2 atom stereocenters. The Morgan fingerprint density at radius 1 is 0.925 bits per heavy atom. The number of rotatable bonds is 8. The number of thioether (sulfide) groups is 1. The van der Waals surface area contributed by atoms with Crippen LogP contribution in [-0.2, 0) is 26.8 Å². The molecule has 0 fully saturated rings. The van der Waals surface area contributed by atoms with Gasteiger partial charge in [-0.1, -0.05) is 71.1 Å². The molecule has 1 aromatic heterocycles. The van der Waals surface area contributed by atoms with Crippen molar-refractivity contribution in [1.82, 2.24) is 0 Å². The average Bonchev–Trinajstić information content (AvgIpc) is 3.40.